The molecule has 0 saturated carbocycles. The number of benzene rings is 1. The van der Waals surface area contributed by atoms with Gasteiger partial charge in [-0.25, -0.2) is 0 Å². The number of nitrogens with zero attached hydrogens (tertiary/aromatic N) is 4. The van der Waals surface area contributed by atoms with Crippen LogP contribution in [0.3, 0.4) is 0 Å². The predicted octanol–water partition coefficient (Wildman–Crippen LogP) is 0.891. The number of alkyl halides is 3. The molecule has 0 amide bonds. The van der Waals surface area contributed by atoms with E-state index in [0.717, 1.165) is 16.9 Å². The molecule has 2 aromatic rings. The number of tetrazole rings is 1. The third-order valence-corrected chi connectivity index (χ3v) is 2.88. The highest BCUT2D eigenvalue weighted by molar-refractivity contribution is 7.87. The molecule has 0 aliphatic carbocycles. The van der Waals surface area contributed by atoms with Gasteiger partial charge in [-0.3, -0.25) is 0 Å². The molecule has 0 spiro atoms. The SMILES string of the molecule is O=S(=O)(Oc1ccc(-n2ncnn2)cc1)C(F)(F)F. The number of hydrogen-bond acceptors (Lipinski definition) is 6. The van der Waals surface area contributed by atoms with E-state index in [1.165, 1.54) is 18.5 Å². The first-order chi connectivity index (χ1) is 8.79. The predicted molar refractivity (Wildman–Crippen MR) is 54.8 cm³/mol. The van der Waals surface area contributed by atoms with Gasteiger partial charge in [0.2, 0.25) is 0 Å². The molecule has 1 aromatic carbocycles. The lowest BCUT2D eigenvalue weighted by molar-refractivity contribution is -0.0500. The molecule has 102 valence electrons. The molecule has 1 heterocycles. The Balaban J connectivity index is 2.21. The van der Waals surface area contributed by atoms with Crippen LogP contribution < -0.4 is 4.18 Å². The van der Waals surface area contributed by atoms with Gasteiger partial charge in [0.25, 0.3) is 0 Å². The Bertz CT molecular complexity index is 652. The van der Waals surface area contributed by atoms with E-state index in [1.54, 1.807) is 0 Å². The highest BCUT2D eigenvalue weighted by Crippen LogP contribution is 2.27. The minimum absolute atomic E-state index is 0.384. The molecule has 0 unspecified atom stereocenters. The van der Waals surface area contributed by atoms with Crippen molar-refractivity contribution < 1.29 is 25.8 Å². The van der Waals surface area contributed by atoms with Crippen molar-refractivity contribution in [1.29, 1.82) is 0 Å². The third-order valence-electron chi connectivity index (χ3n) is 1.91. The van der Waals surface area contributed by atoms with Gasteiger partial charge in [-0.05, 0) is 29.5 Å². The molecular weight excluding hydrogens is 289 g/mol. The van der Waals surface area contributed by atoms with Gasteiger partial charge in [-0.1, -0.05) is 0 Å². The minimum Gasteiger partial charge on any atom is -0.376 e. The molecule has 7 nitrogen and oxygen atoms in total. The molecule has 0 atom stereocenters. The summed E-state index contributed by atoms with van der Waals surface area (Å²) in [7, 11) is -5.67. The molecule has 19 heavy (non-hydrogen) atoms. The summed E-state index contributed by atoms with van der Waals surface area (Å²) in [6, 6.07) is 4.65. The van der Waals surface area contributed by atoms with E-state index in [2.05, 4.69) is 19.6 Å². The van der Waals surface area contributed by atoms with Crippen molar-refractivity contribution in [2.24, 2.45) is 0 Å². The second-order valence-corrected chi connectivity index (χ2v) is 4.74. The second-order valence-electron chi connectivity index (χ2n) is 3.20. The fourth-order valence-electron chi connectivity index (χ4n) is 1.09. The van der Waals surface area contributed by atoms with E-state index in [4.69, 9.17) is 0 Å². The van der Waals surface area contributed by atoms with Crippen molar-refractivity contribution in [3.8, 4) is 11.4 Å². The molecule has 0 fully saturated rings. The Morgan fingerprint density at radius 1 is 1.16 bits per heavy atom. The maximum atomic E-state index is 12.1. The Kier molecular flexibility index (Phi) is 3.14. The summed E-state index contributed by atoms with van der Waals surface area (Å²) in [5, 5.41) is 10.7. The van der Waals surface area contributed by atoms with Crippen molar-refractivity contribution in [2.45, 2.75) is 5.51 Å². The molecular formula is C8H5F3N4O3S. The van der Waals surface area contributed by atoms with Crippen molar-refractivity contribution in [3.05, 3.63) is 30.6 Å². The van der Waals surface area contributed by atoms with Gasteiger partial charge >= 0.3 is 15.6 Å². The van der Waals surface area contributed by atoms with Crippen LogP contribution in [0.5, 0.6) is 5.75 Å². The fraction of sp³-hybridized carbons (Fsp3) is 0.125. The van der Waals surface area contributed by atoms with Crippen LogP contribution in [0.1, 0.15) is 0 Å². The third kappa shape index (κ3) is 2.81. The number of rotatable bonds is 3. The summed E-state index contributed by atoms with van der Waals surface area (Å²) in [6.45, 7) is 0. The van der Waals surface area contributed by atoms with E-state index in [1.807, 2.05) is 0 Å². The van der Waals surface area contributed by atoms with Gasteiger partial charge < -0.3 is 4.18 Å². The van der Waals surface area contributed by atoms with Gasteiger partial charge in [-0.15, -0.1) is 15.0 Å². The molecule has 11 heteroatoms. The van der Waals surface area contributed by atoms with Crippen molar-refractivity contribution in [1.82, 2.24) is 20.2 Å². The topological polar surface area (TPSA) is 87.0 Å². The highest BCUT2D eigenvalue weighted by Gasteiger charge is 2.48. The Hall–Kier alpha value is -2.17. The lowest BCUT2D eigenvalue weighted by Crippen LogP contribution is -2.28. The Morgan fingerprint density at radius 3 is 2.26 bits per heavy atom. The summed E-state index contributed by atoms with van der Waals surface area (Å²) in [5.41, 5.74) is -5.09. The molecule has 0 saturated heterocycles. The summed E-state index contributed by atoms with van der Waals surface area (Å²) >= 11 is 0. The molecule has 0 bridgehead atoms. The highest BCUT2D eigenvalue weighted by atomic mass is 32.2. The van der Waals surface area contributed by atoms with Crippen LogP contribution in [0.2, 0.25) is 0 Å². The zero-order valence-corrected chi connectivity index (χ0v) is 9.76. The molecule has 0 aliphatic rings. The van der Waals surface area contributed by atoms with E-state index in [0.29, 0.717) is 5.69 Å². The molecule has 0 aliphatic heterocycles. The quantitative estimate of drug-likeness (QED) is 0.617. The monoisotopic (exact) mass is 294 g/mol. The van der Waals surface area contributed by atoms with Crippen molar-refractivity contribution in [2.75, 3.05) is 0 Å². The average Bonchev–Trinajstić information content (AvgIpc) is 2.81. The fourth-order valence-corrected chi connectivity index (χ4v) is 1.55. The van der Waals surface area contributed by atoms with Crippen LogP contribution in [0.4, 0.5) is 13.2 Å². The van der Waals surface area contributed by atoms with E-state index in [-0.39, 0.29) is 0 Å². The van der Waals surface area contributed by atoms with E-state index < -0.39 is 21.4 Å². The van der Waals surface area contributed by atoms with Crippen LogP contribution >= 0.6 is 0 Å². The molecule has 1 aromatic heterocycles. The van der Waals surface area contributed by atoms with Gasteiger partial charge in [-0.2, -0.15) is 21.6 Å². The largest absolute Gasteiger partial charge is 0.534 e. The zero-order chi connectivity index (χ0) is 14.1. The number of halogens is 3. The van der Waals surface area contributed by atoms with Crippen LogP contribution in [-0.2, 0) is 10.1 Å². The zero-order valence-electron chi connectivity index (χ0n) is 8.94. The Labute approximate surface area is 104 Å². The van der Waals surface area contributed by atoms with Crippen LogP contribution in [-0.4, -0.2) is 34.1 Å². The average molecular weight is 294 g/mol. The standard InChI is InChI=1S/C8H5F3N4O3S/c9-8(10,11)19(16,17)18-7-3-1-6(2-4-7)15-13-5-12-14-15/h1-5H. The van der Waals surface area contributed by atoms with Gasteiger partial charge in [0.15, 0.2) is 6.33 Å². The van der Waals surface area contributed by atoms with Crippen LogP contribution in [0, 0.1) is 0 Å². The van der Waals surface area contributed by atoms with E-state index >= 15 is 0 Å². The maximum Gasteiger partial charge on any atom is 0.534 e. The lowest BCUT2D eigenvalue weighted by Gasteiger charge is -2.09. The lowest BCUT2D eigenvalue weighted by atomic mass is 10.3. The molecule has 2 rings (SSSR count). The van der Waals surface area contributed by atoms with Gasteiger partial charge in [0.1, 0.15) is 5.75 Å². The summed E-state index contributed by atoms with van der Waals surface area (Å²) in [5.74, 6) is -0.471. The molecule has 0 radical (unpaired) electrons. The number of hydrogen-bond donors (Lipinski definition) is 0. The van der Waals surface area contributed by atoms with Crippen LogP contribution in [0.15, 0.2) is 30.6 Å². The van der Waals surface area contributed by atoms with Crippen molar-refractivity contribution >= 4 is 10.1 Å². The normalized spacial score (nSPS) is 12.4. The summed E-state index contributed by atoms with van der Waals surface area (Å²) in [6.07, 6.45) is 1.17. The van der Waals surface area contributed by atoms with E-state index in [9.17, 15) is 21.6 Å². The maximum absolute atomic E-state index is 12.1. The first kappa shape index (κ1) is 13.3. The Morgan fingerprint density at radius 2 is 1.79 bits per heavy atom. The van der Waals surface area contributed by atoms with Gasteiger partial charge in [0, 0.05) is 0 Å². The minimum atomic E-state index is -5.67. The van der Waals surface area contributed by atoms with Gasteiger partial charge in [0.05, 0.1) is 5.69 Å². The van der Waals surface area contributed by atoms with Crippen LogP contribution in [0.25, 0.3) is 5.69 Å². The second kappa shape index (κ2) is 4.50. The number of aromatic nitrogens is 4. The van der Waals surface area contributed by atoms with Crippen molar-refractivity contribution in [3.63, 3.8) is 0 Å². The molecule has 0 N–H and O–H groups in total. The summed E-state index contributed by atoms with van der Waals surface area (Å²) in [4.78, 5) is 1.10. The summed E-state index contributed by atoms with van der Waals surface area (Å²) < 4.78 is 61.6. The first-order valence-corrected chi connectivity index (χ1v) is 6.04. The first-order valence-electron chi connectivity index (χ1n) is 4.64. The smallest absolute Gasteiger partial charge is 0.376 e.